The van der Waals surface area contributed by atoms with E-state index in [0.717, 1.165) is 16.7 Å². The van der Waals surface area contributed by atoms with Crippen LogP contribution in [0.1, 0.15) is 56.6 Å². The van der Waals surface area contributed by atoms with Gasteiger partial charge in [-0.2, -0.15) is 0 Å². The van der Waals surface area contributed by atoms with Crippen molar-refractivity contribution in [1.82, 2.24) is 4.90 Å². The number of imide groups is 1. The number of carbonyl (C=O) groups excluding carboxylic acids is 2. The van der Waals surface area contributed by atoms with Gasteiger partial charge in [0.1, 0.15) is 18.1 Å². The van der Waals surface area contributed by atoms with Gasteiger partial charge in [0.15, 0.2) is 0 Å². The maximum absolute atomic E-state index is 13.1. The number of fused-ring (bicyclic) bond motifs is 1. The number of allylic oxidation sites excluding steroid dienone is 2. The molecule has 2 heterocycles. The second-order valence-corrected chi connectivity index (χ2v) is 9.74. The maximum Gasteiger partial charge on any atom is 0.233 e. The van der Waals surface area contributed by atoms with Crippen LogP contribution in [0, 0.1) is 17.8 Å². The van der Waals surface area contributed by atoms with Crippen LogP contribution in [0.25, 0.3) is 11.6 Å². The van der Waals surface area contributed by atoms with E-state index in [9.17, 15) is 24.9 Å². The molecule has 36 heavy (non-hydrogen) atoms. The zero-order valence-electron chi connectivity index (χ0n) is 20.9. The van der Waals surface area contributed by atoms with E-state index in [0.29, 0.717) is 49.3 Å². The topological polar surface area (TPSA) is 111 Å². The lowest BCUT2D eigenvalue weighted by Gasteiger charge is -2.35. The van der Waals surface area contributed by atoms with Gasteiger partial charge in [-0.15, -0.1) is 0 Å². The first-order valence-corrected chi connectivity index (χ1v) is 12.7. The zero-order chi connectivity index (χ0) is 25.8. The Morgan fingerprint density at radius 3 is 2.53 bits per heavy atom. The Balaban J connectivity index is 1.57. The van der Waals surface area contributed by atoms with Gasteiger partial charge < -0.3 is 19.7 Å². The number of nitrogens with zero attached hydrogens (tertiary/aromatic N) is 1. The third-order valence-corrected chi connectivity index (χ3v) is 7.41. The summed E-state index contributed by atoms with van der Waals surface area (Å²) in [6, 6.07) is 13.3. The molecule has 1 aliphatic heterocycles. The number of benzene rings is 1. The first kappa shape index (κ1) is 26.1. The van der Waals surface area contributed by atoms with Crippen molar-refractivity contribution in [3.8, 4) is 0 Å². The first-order valence-electron chi connectivity index (χ1n) is 12.7. The SMILES string of the molecule is CCCN1C(=O)[C@@H]2[C@@H](CC(C)=C([C@H](O)CC/C(=C/c3ccc(CO)o3)c3ccccc3)[C@@H]2CO)C1=O. The van der Waals surface area contributed by atoms with Crippen LogP contribution in [0.5, 0.6) is 0 Å². The van der Waals surface area contributed by atoms with Gasteiger partial charge in [0.2, 0.25) is 11.8 Å². The second-order valence-electron chi connectivity index (χ2n) is 9.74. The van der Waals surface area contributed by atoms with Crippen molar-refractivity contribution < 1.29 is 29.3 Å². The van der Waals surface area contributed by atoms with Crippen molar-refractivity contribution in [2.75, 3.05) is 13.2 Å². The van der Waals surface area contributed by atoms with Gasteiger partial charge in [0.25, 0.3) is 0 Å². The van der Waals surface area contributed by atoms with Crippen LogP contribution in [-0.2, 0) is 16.2 Å². The molecule has 0 spiro atoms. The second kappa shape index (κ2) is 11.4. The Morgan fingerprint density at radius 1 is 1.14 bits per heavy atom. The van der Waals surface area contributed by atoms with Crippen molar-refractivity contribution >= 4 is 23.5 Å². The molecule has 4 atom stereocenters. The number of carbonyl (C=O) groups is 2. The fourth-order valence-electron chi connectivity index (χ4n) is 5.75. The highest BCUT2D eigenvalue weighted by Gasteiger charge is 2.54. The summed E-state index contributed by atoms with van der Waals surface area (Å²) in [5, 5.41) is 30.9. The monoisotopic (exact) mass is 493 g/mol. The number of aliphatic hydroxyl groups is 3. The normalized spacial score (nSPS) is 23.4. The Hall–Kier alpha value is -3.00. The van der Waals surface area contributed by atoms with Crippen molar-refractivity contribution in [2.24, 2.45) is 17.8 Å². The highest BCUT2D eigenvalue weighted by atomic mass is 16.4. The number of likely N-dealkylation sites (tertiary alicyclic amines) is 1. The molecule has 1 aromatic carbocycles. The number of aliphatic hydroxyl groups excluding tert-OH is 3. The molecule has 0 radical (unpaired) electrons. The molecule has 2 aliphatic rings. The van der Waals surface area contributed by atoms with Crippen LogP contribution in [0.15, 0.2) is 58.0 Å². The Morgan fingerprint density at radius 2 is 1.89 bits per heavy atom. The number of rotatable bonds is 10. The molecule has 192 valence electrons. The van der Waals surface area contributed by atoms with Crippen LogP contribution >= 0.6 is 0 Å². The van der Waals surface area contributed by atoms with Crippen LogP contribution < -0.4 is 0 Å². The summed E-state index contributed by atoms with van der Waals surface area (Å²) in [6.45, 7) is 3.74. The maximum atomic E-state index is 13.1. The Kier molecular flexibility index (Phi) is 8.24. The standard InChI is InChI=1S/C29H35NO6/c1-3-13-30-28(34)23-14-18(2)26(24(17-32)27(23)29(30)35)25(33)12-9-20(19-7-5-4-6-8-19)15-21-10-11-22(16-31)36-21/h4-8,10-11,15,23-25,27,31-33H,3,9,12-14,16-17H2,1-2H3/b20-15-/t23-,24+,25-,27-/m1/s1. The molecule has 1 aliphatic carbocycles. The number of furan rings is 1. The predicted molar refractivity (Wildman–Crippen MR) is 136 cm³/mol. The molecule has 1 saturated heterocycles. The van der Waals surface area contributed by atoms with E-state index in [1.165, 1.54) is 4.90 Å². The van der Waals surface area contributed by atoms with Crippen molar-refractivity contribution in [2.45, 2.75) is 52.2 Å². The van der Waals surface area contributed by atoms with Crippen LogP contribution in [0.4, 0.5) is 0 Å². The molecule has 0 unspecified atom stereocenters. The van der Waals surface area contributed by atoms with Crippen LogP contribution in [0.2, 0.25) is 0 Å². The third-order valence-electron chi connectivity index (χ3n) is 7.41. The van der Waals surface area contributed by atoms with Gasteiger partial charge in [0, 0.05) is 12.5 Å². The van der Waals surface area contributed by atoms with Gasteiger partial charge in [-0.05, 0) is 67.5 Å². The van der Waals surface area contributed by atoms with Gasteiger partial charge in [0.05, 0.1) is 24.5 Å². The van der Waals surface area contributed by atoms with Crippen molar-refractivity contribution in [3.05, 3.63) is 70.7 Å². The van der Waals surface area contributed by atoms with E-state index in [4.69, 9.17) is 4.42 Å². The molecule has 7 nitrogen and oxygen atoms in total. The summed E-state index contributed by atoms with van der Waals surface area (Å²) in [6.07, 6.45) is 3.07. The fraction of sp³-hybridized carbons (Fsp3) is 0.448. The largest absolute Gasteiger partial charge is 0.459 e. The summed E-state index contributed by atoms with van der Waals surface area (Å²) in [4.78, 5) is 27.4. The van der Waals surface area contributed by atoms with Crippen LogP contribution in [-0.4, -0.2) is 51.3 Å². The molecule has 1 aromatic heterocycles. The van der Waals surface area contributed by atoms with E-state index in [-0.39, 0.29) is 25.0 Å². The molecule has 7 heteroatoms. The Bertz CT molecular complexity index is 1150. The van der Waals surface area contributed by atoms with Gasteiger partial charge >= 0.3 is 0 Å². The van der Waals surface area contributed by atoms with Crippen molar-refractivity contribution in [3.63, 3.8) is 0 Å². The number of hydrogen-bond acceptors (Lipinski definition) is 6. The first-order chi connectivity index (χ1) is 17.4. The summed E-state index contributed by atoms with van der Waals surface area (Å²) in [5.41, 5.74) is 3.52. The fourth-order valence-corrected chi connectivity index (χ4v) is 5.75. The predicted octanol–water partition coefficient (Wildman–Crippen LogP) is 3.79. The summed E-state index contributed by atoms with van der Waals surface area (Å²) >= 11 is 0. The highest BCUT2D eigenvalue weighted by molar-refractivity contribution is 6.05. The van der Waals surface area contributed by atoms with Crippen molar-refractivity contribution in [1.29, 1.82) is 0 Å². The summed E-state index contributed by atoms with van der Waals surface area (Å²) < 4.78 is 5.65. The molecular weight excluding hydrogens is 458 g/mol. The smallest absolute Gasteiger partial charge is 0.233 e. The average molecular weight is 494 g/mol. The molecule has 1 fully saturated rings. The molecule has 4 rings (SSSR count). The van der Waals surface area contributed by atoms with E-state index >= 15 is 0 Å². The quantitative estimate of drug-likeness (QED) is 0.343. The molecule has 0 saturated carbocycles. The Labute approximate surface area is 211 Å². The minimum absolute atomic E-state index is 0.159. The minimum Gasteiger partial charge on any atom is -0.459 e. The summed E-state index contributed by atoms with van der Waals surface area (Å²) in [7, 11) is 0. The van der Waals surface area contributed by atoms with Crippen LogP contribution in [0.3, 0.4) is 0 Å². The lowest BCUT2D eigenvalue weighted by molar-refractivity contribution is -0.140. The molecule has 0 bridgehead atoms. The van der Waals surface area contributed by atoms with Gasteiger partial charge in [-0.1, -0.05) is 42.8 Å². The highest BCUT2D eigenvalue weighted by Crippen LogP contribution is 2.46. The molecule has 2 amide bonds. The van der Waals surface area contributed by atoms with E-state index in [2.05, 4.69) is 0 Å². The van der Waals surface area contributed by atoms with E-state index < -0.39 is 23.9 Å². The summed E-state index contributed by atoms with van der Waals surface area (Å²) in [5.74, 6) is -0.951. The van der Waals surface area contributed by atoms with E-state index in [1.807, 2.05) is 50.3 Å². The van der Waals surface area contributed by atoms with Gasteiger partial charge in [-0.25, -0.2) is 0 Å². The zero-order valence-corrected chi connectivity index (χ0v) is 20.9. The molecule has 3 N–H and O–H groups in total. The average Bonchev–Trinajstić information content (AvgIpc) is 3.44. The number of amides is 2. The number of hydrogen-bond donors (Lipinski definition) is 3. The lowest BCUT2D eigenvalue weighted by Crippen LogP contribution is -2.38. The minimum atomic E-state index is -0.858. The van der Waals surface area contributed by atoms with Gasteiger partial charge in [-0.3, -0.25) is 14.5 Å². The molecular formula is C29H35NO6. The lowest BCUT2D eigenvalue weighted by atomic mass is 9.68. The third kappa shape index (κ3) is 5.09. The molecule has 2 aromatic rings. The van der Waals surface area contributed by atoms with E-state index in [1.54, 1.807) is 12.1 Å².